The minimum Gasteiger partial charge on any atom is -0.372 e. The normalized spacial score (nSPS) is 13.1. The molecule has 0 radical (unpaired) electrons. The zero-order valence-corrected chi connectivity index (χ0v) is 14.5. The molecule has 10 heteroatoms. The standard InChI is InChI=1S/C11H19N3O4S3/c1-4-12-11-9(14(15)16)5-10(20-11)21(17,18)13-6-8(2)7-19-3/h5,8,12-13H,4,6-7H2,1-3H3. The van der Waals surface area contributed by atoms with Crippen molar-refractivity contribution in [1.29, 1.82) is 0 Å². The van der Waals surface area contributed by atoms with Gasteiger partial charge in [0, 0.05) is 19.2 Å². The van der Waals surface area contributed by atoms with Crippen molar-refractivity contribution in [3.05, 3.63) is 16.2 Å². The van der Waals surface area contributed by atoms with E-state index >= 15 is 0 Å². The largest absolute Gasteiger partial charge is 0.372 e. The number of thioether (sulfide) groups is 1. The molecule has 0 aliphatic rings. The molecule has 0 spiro atoms. The van der Waals surface area contributed by atoms with Gasteiger partial charge in [0.2, 0.25) is 10.0 Å². The van der Waals surface area contributed by atoms with Gasteiger partial charge in [-0.05, 0) is 24.9 Å². The van der Waals surface area contributed by atoms with Gasteiger partial charge in [-0.3, -0.25) is 10.1 Å². The van der Waals surface area contributed by atoms with Crippen LogP contribution in [0.4, 0.5) is 10.7 Å². The fourth-order valence-electron chi connectivity index (χ4n) is 1.58. The molecule has 1 heterocycles. The Labute approximate surface area is 132 Å². The van der Waals surface area contributed by atoms with E-state index in [1.54, 1.807) is 18.7 Å². The Balaban J connectivity index is 2.93. The minimum atomic E-state index is -3.71. The van der Waals surface area contributed by atoms with E-state index in [-0.39, 0.29) is 20.8 Å². The summed E-state index contributed by atoms with van der Waals surface area (Å²) in [4.78, 5) is 10.4. The lowest BCUT2D eigenvalue weighted by Gasteiger charge is -2.10. The lowest BCUT2D eigenvalue weighted by molar-refractivity contribution is -0.383. The lowest BCUT2D eigenvalue weighted by Crippen LogP contribution is -2.28. The molecule has 120 valence electrons. The maximum Gasteiger partial charge on any atom is 0.304 e. The smallest absolute Gasteiger partial charge is 0.304 e. The molecular formula is C11H19N3O4S3. The second kappa shape index (κ2) is 7.97. The first-order valence-corrected chi connectivity index (χ1v) is 10.0. The van der Waals surface area contributed by atoms with Crippen molar-refractivity contribution in [2.45, 2.75) is 18.1 Å². The third-order valence-electron chi connectivity index (χ3n) is 2.56. The summed E-state index contributed by atoms with van der Waals surface area (Å²) in [6.07, 6.45) is 1.95. The summed E-state index contributed by atoms with van der Waals surface area (Å²) >= 11 is 2.52. The van der Waals surface area contributed by atoms with Crippen molar-refractivity contribution in [2.75, 3.05) is 30.4 Å². The highest BCUT2D eigenvalue weighted by molar-refractivity contribution is 7.98. The van der Waals surface area contributed by atoms with Crippen LogP contribution < -0.4 is 10.0 Å². The molecule has 1 unspecified atom stereocenters. The van der Waals surface area contributed by atoms with E-state index in [4.69, 9.17) is 0 Å². The van der Waals surface area contributed by atoms with E-state index in [0.717, 1.165) is 23.2 Å². The third kappa shape index (κ3) is 5.13. The van der Waals surface area contributed by atoms with Gasteiger partial charge in [-0.1, -0.05) is 18.3 Å². The molecule has 0 saturated heterocycles. The molecule has 21 heavy (non-hydrogen) atoms. The van der Waals surface area contributed by atoms with Crippen LogP contribution in [0.5, 0.6) is 0 Å². The highest BCUT2D eigenvalue weighted by Gasteiger charge is 2.26. The van der Waals surface area contributed by atoms with Gasteiger partial charge >= 0.3 is 5.69 Å². The van der Waals surface area contributed by atoms with Gasteiger partial charge in [0.25, 0.3) is 0 Å². The van der Waals surface area contributed by atoms with Gasteiger partial charge < -0.3 is 5.32 Å². The number of rotatable bonds is 9. The lowest BCUT2D eigenvalue weighted by atomic mass is 10.2. The van der Waals surface area contributed by atoms with Gasteiger partial charge in [0.1, 0.15) is 4.21 Å². The predicted octanol–water partition coefficient (Wildman–Crippen LogP) is 2.37. The number of hydrogen-bond donors (Lipinski definition) is 2. The van der Waals surface area contributed by atoms with Gasteiger partial charge in [-0.25, -0.2) is 13.1 Å². The summed E-state index contributed by atoms with van der Waals surface area (Å²) in [6, 6.07) is 1.10. The Morgan fingerprint density at radius 2 is 2.19 bits per heavy atom. The summed E-state index contributed by atoms with van der Waals surface area (Å²) in [5, 5.41) is 14.0. The number of thiophene rings is 1. The second-order valence-corrected chi connectivity index (χ2v) is 8.44. The summed E-state index contributed by atoms with van der Waals surface area (Å²) in [7, 11) is -3.71. The van der Waals surface area contributed by atoms with Gasteiger partial charge in [0.15, 0.2) is 5.00 Å². The first kappa shape index (κ1) is 18.2. The van der Waals surface area contributed by atoms with Crippen LogP contribution >= 0.6 is 23.1 Å². The molecular weight excluding hydrogens is 334 g/mol. The van der Waals surface area contributed by atoms with E-state index in [9.17, 15) is 18.5 Å². The maximum absolute atomic E-state index is 12.2. The molecule has 1 aromatic heterocycles. The van der Waals surface area contributed by atoms with Crippen LogP contribution in [0.15, 0.2) is 10.3 Å². The molecule has 0 bridgehead atoms. The van der Waals surface area contributed by atoms with Gasteiger partial charge in [0.05, 0.1) is 4.92 Å². The molecule has 0 saturated carbocycles. The topological polar surface area (TPSA) is 101 Å². The van der Waals surface area contributed by atoms with Gasteiger partial charge in [-0.15, -0.1) is 0 Å². The molecule has 0 aromatic carbocycles. The zero-order chi connectivity index (χ0) is 16.0. The predicted molar refractivity (Wildman–Crippen MR) is 87.9 cm³/mol. The van der Waals surface area contributed by atoms with Crippen LogP contribution in [0.3, 0.4) is 0 Å². The molecule has 0 amide bonds. The van der Waals surface area contributed by atoms with Crippen LogP contribution in [-0.4, -0.2) is 38.4 Å². The fraction of sp³-hybridized carbons (Fsp3) is 0.636. The number of hydrogen-bond acceptors (Lipinski definition) is 7. The van der Waals surface area contributed by atoms with E-state index in [1.165, 1.54) is 0 Å². The van der Waals surface area contributed by atoms with Crippen LogP contribution in [0.25, 0.3) is 0 Å². The van der Waals surface area contributed by atoms with E-state index in [2.05, 4.69) is 10.0 Å². The molecule has 1 aromatic rings. The second-order valence-electron chi connectivity index (χ2n) is 4.48. The van der Waals surface area contributed by atoms with Crippen molar-refractivity contribution >= 4 is 43.8 Å². The van der Waals surface area contributed by atoms with E-state index in [1.807, 2.05) is 13.2 Å². The summed E-state index contributed by atoms with van der Waals surface area (Å²) < 4.78 is 26.8. The molecule has 2 N–H and O–H groups in total. The number of anilines is 1. The Kier molecular flexibility index (Phi) is 6.91. The van der Waals surface area contributed by atoms with Crippen molar-refractivity contribution in [3.63, 3.8) is 0 Å². The molecule has 0 fully saturated rings. The summed E-state index contributed by atoms with van der Waals surface area (Å²) in [5.74, 6) is 1.04. The highest BCUT2D eigenvalue weighted by Crippen LogP contribution is 2.36. The zero-order valence-electron chi connectivity index (χ0n) is 12.1. The Bertz CT molecular complexity index is 586. The number of nitrogens with one attached hydrogen (secondary N) is 2. The Hall–Kier alpha value is -0.840. The van der Waals surface area contributed by atoms with Crippen LogP contribution in [0.2, 0.25) is 0 Å². The van der Waals surface area contributed by atoms with Crippen LogP contribution in [0, 0.1) is 16.0 Å². The van der Waals surface area contributed by atoms with Gasteiger partial charge in [-0.2, -0.15) is 11.8 Å². The highest BCUT2D eigenvalue weighted by atomic mass is 32.2. The average Bonchev–Trinajstić information content (AvgIpc) is 2.82. The quantitative estimate of drug-likeness (QED) is 0.522. The Morgan fingerprint density at radius 1 is 1.52 bits per heavy atom. The maximum atomic E-state index is 12.2. The minimum absolute atomic E-state index is 0.0403. The number of sulfonamides is 1. The van der Waals surface area contributed by atoms with Crippen molar-refractivity contribution in [2.24, 2.45) is 5.92 Å². The van der Waals surface area contributed by atoms with Crippen molar-refractivity contribution in [3.8, 4) is 0 Å². The van der Waals surface area contributed by atoms with Crippen molar-refractivity contribution < 1.29 is 13.3 Å². The van der Waals surface area contributed by atoms with Crippen LogP contribution in [0.1, 0.15) is 13.8 Å². The van der Waals surface area contributed by atoms with Crippen LogP contribution in [-0.2, 0) is 10.0 Å². The molecule has 1 rings (SSSR count). The summed E-state index contributed by atoms with van der Waals surface area (Å²) in [6.45, 7) is 4.53. The van der Waals surface area contributed by atoms with E-state index in [0.29, 0.717) is 13.1 Å². The van der Waals surface area contributed by atoms with Crippen molar-refractivity contribution in [1.82, 2.24) is 4.72 Å². The first-order valence-electron chi connectivity index (χ1n) is 6.32. The molecule has 0 aliphatic carbocycles. The SMILES string of the molecule is CCNc1sc(S(=O)(=O)NCC(C)CSC)cc1[N+](=O)[O-]. The molecule has 1 atom stereocenters. The monoisotopic (exact) mass is 353 g/mol. The molecule has 7 nitrogen and oxygen atoms in total. The summed E-state index contributed by atoms with van der Waals surface area (Å²) in [5.41, 5.74) is -0.209. The molecule has 0 aliphatic heterocycles. The number of nitro groups is 1. The average molecular weight is 353 g/mol. The van der Waals surface area contributed by atoms with E-state index < -0.39 is 14.9 Å². The first-order chi connectivity index (χ1) is 9.81. The number of nitrogens with zero attached hydrogens (tertiary/aromatic N) is 1. The fourth-order valence-corrected chi connectivity index (χ4v) is 4.87. The third-order valence-corrected chi connectivity index (χ3v) is 6.44. The Morgan fingerprint density at radius 3 is 2.71 bits per heavy atom.